The second-order valence-corrected chi connectivity index (χ2v) is 9.99. The van der Waals surface area contributed by atoms with E-state index in [1.807, 2.05) is 0 Å². The molecule has 0 radical (unpaired) electrons. The van der Waals surface area contributed by atoms with E-state index in [9.17, 15) is 18.0 Å². The van der Waals surface area contributed by atoms with Gasteiger partial charge in [0.2, 0.25) is 21.7 Å². The molecule has 180 valence electrons. The minimum atomic E-state index is -3.89. The molecule has 0 saturated carbocycles. The second kappa shape index (κ2) is 9.04. The molecule has 3 heterocycles. The van der Waals surface area contributed by atoms with Gasteiger partial charge in [0.15, 0.2) is 0 Å². The zero-order valence-corrected chi connectivity index (χ0v) is 19.5. The van der Waals surface area contributed by atoms with Crippen LogP contribution < -0.4 is 5.56 Å². The van der Waals surface area contributed by atoms with Crippen LogP contribution in [0.3, 0.4) is 0 Å². The molecule has 0 unspecified atom stereocenters. The molecule has 1 N–H and O–H groups in total. The van der Waals surface area contributed by atoms with Crippen molar-refractivity contribution < 1.29 is 22.5 Å². The van der Waals surface area contributed by atoms with Crippen molar-refractivity contribution in [1.82, 2.24) is 24.4 Å². The summed E-state index contributed by atoms with van der Waals surface area (Å²) < 4.78 is 38.0. The average Bonchev–Trinajstić information content (AvgIpc) is 3.39. The van der Waals surface area contributed by atoms with Crippen LogP contribution in [0.25, 0.3) is 22.3 Å². The monoisotopic (exact) mass is 495 g/mol. The number of fused-ring (bicyclic) bond motifs is 1. The first kappa shape index (κ1) is 22.9. The van der Waals surface area contributed by atoms with Crippen molar-refractivity contribution >= 4 is 26.9 Å². The zero-order chi connectivity index (χ0) is 24.6. The van der Waals surface area contributed by atoms with Gasteiger partial charge in [0.05, 0.1) is 34.8 Å². The Labute approximate surface area is 199 Å². The van der Waals surface area contributed by atoms with E-state index in [2.05, 4.69) is 20.1 Å². The van der Waals surface area contributed by atoms with E-state index < -0.39 is 16.0 Å². The Bertz CT molecular complexity index is 1570. The smallest absolute Gasteiger partial charge is 0.339 e. The first-order valence-corrected chi connectivity index (χ1v) is 12.3. The van der Waals surface area contributed by atoms with Crippen LogP contribution in [0.2, 0.25) is 0 Å². The van der Waals surface area contributed by atoms with Crippen LogP contribution >= 0.6 is 0 Å². The lowest BCUT2D eigenvalue weighted by atomic mass is 9.98. The van der Waals surface area contributed by atoms with Crippen molar-refractivity contribution in [2.45, 2.75) is 23.7 Å². The van der Waals surface area contributed by atoms with E-state index in [4.69, 9.17) is 9.26 Å². The van der Waals surface area contributed by atoms with Crippen molar-refractivity contribution in [3.8, 4) is 11.4 Å². The molecule has 0 amide bonds. The Morgan fingerprint density at radius 2 is 1.94 bits per heavy atom. The number of nitrogens with one attached hydrogen (secondary N) is 1. The highest BCUT2D eigenvalue weighted by atomic mass is 32.2. The number of ether oxygens (including phenoxy) is 1. The highest BCUT2D eigenvalue weighted by Gasteiger charge is 2.34. The lowest BCUT2D eigenvalue weighted by Crippen LogP contribution is -2.38. The molecular formula is C23H21N5O6S. The van der Waals surface area contributed by atoms with Crippen LogP contribution in [-0.4, -0.2) is 59.0 Å². The highest BCUT2D eigenvalue weighted by molar-refractivity contribution is 7.89. The van der Waals surface area contributed by atoms with Gasteiger partial charge in [-0.25, -0.2) is 18.2 Å². The Kier molecular flexibility index (Phi) is 5.91. The van der Waals surface area contributed by atoms with Crippen LogP contribution in [0, 0.1) is 0 Å². The summed E-state index contributed by atoms with van der Waals surface area (Å²) in [5, 5.41) is 4.47. The Morgan fingerprint density at radius 3 is 2.71 bits per heavy atom. The van der Waals surface area contributed by atoms with Gasteiger partial charge in [-0.05, 0) is 43.2 Å². The van der Waals surface area contributed by atoms with Crippen LogP contribution in [0.4, 0.5) is 0 Å². The molecule has 11 nitrogen and oxygen atoms in total. The fourth-order valence-electron chi connectivity index (χ4n) is 4.18. The number of esters is 1. The number of carbonyl (C=O) groups excluding carboxylic acids is 1. The Balaban J connectivity index is 1.33. The molecule has 12 heteroatoms. The third-order valence-corrected chi connectivity index (χ3v) is 8.01. The van der Waals surface area contributed by atoms with Gasteiger partial charge in [0, 0.05) is 24.6 Å². The summed E-state index contributed by atoms with van der Waals surface area (Å²) in [6.07, 6.45) is 2.29. The molecule has 2 aromatic carbocycles. The van der Waals surface area contributed by atoms with Crippen molar-refractivity contribution in [3.63, 3.8) is 0 Å². The third-order valence-electron chi connectivity index (χ3n) is 6.05. The standard InChI is InChI=1S/C23H21N5O6S/c1-33-23(30)16-4-2-3-5-19(16)35(31,32)28-10-8-14(9-11-28)22-26-20(27-34-22)15-6-7-18-17(12-15)21(29)25-13-24-18/h2-7,12-14H,8-11H2,1H3,(H,24,25,29). The Morgan fingerprint density at radius 1 is 1.17 bits per heavy atom. The number of benzene rings is 2. The van der Waals surface area contributed by atoms with Crippen LogP contribution in [0.15, 0.2) is 63.0 Å². The fraction of sp³-hybridized carbons (Fsp3) is 0.261. The average molecular weight is 496 g/mol. The van der Waals surface area contributed by atoms with Crippen molar-refractivity contribution in [3.05, 3.63) is 70.6 Å². The molecule has 1 aliphatic rings. The number of hydrogen-bond donors (Lipinski definition) is 1. The molecular weight excluding hydrogens is 474 g/mol. The predicted octanol–water partition coefficient (Wildman–Crippen LogP) is 2.33. The van der Waals surface area contributed by atoms with Crippen molar-refractivity contribution in [2.24, 2.45) is 0 Å². The number of rotatable bonds is 5. The van der Waals surface area contributed by atoms with Crippen LogP contribution in [-0.2, 0) is 14.8 Å². The van der Waals surface area contributed by atoms with Gasteiger partial charge in [-0.1, -0.05) is 17.3 Å². The molecule has 0 spiro atoms. The summed E-state index contributed by atoms with van der Waals surface area (Å²) in [4.78, 5) is 35.2. The number of methoxy groups -OCH3 is 1. The third kappa shape index (κ3) is 4.21. The fourth-order valence-corrected chi connectivity index (χ4v) is 5.83. The molecule has 1 saturated heterocycles. The quantitative estimate of drug-likeness (QED) is 0.412. The lowest BCUT2D eigenvalue weighted by Gasteiger charge is -2.30. The van der Waals surface area contributed by atoms with E-state index in [0.717, 1.165) is 0 Å². The molecule has 1 aliphatic heterocycles. The van der Waals surface area contributed by atoms with Gasteiger partial charge in [-0.15, -0.1) is 0 Å². The molecule has 2 aromatic heterocycles. The zero-order valence-electron chi connectivity index (χ0n) is 18.7. The predicted molar refractivity (Wildman–Crippen MR) is 124 cm³/mol. The van der Waals surface area contributed by atoms with E-state index >= 15 is 0 Å². The maximum Gasteiger partial charge on any atom is 0.339 e. The molecule has 5 rings (SSSR count). The molecule has 1 fully saturated rings. The molecule has 0 aliphatic carbocycles. The molecule has 4 aromatic rings. The molecule has 35 heavy (non-hydrogen) atoms. The van der Waals surface area contributed by atoms with Crippen molar-refractivity contribution in [1.29, 1.82) is 0 Å². The maximum atomic E-state index is 13.2. The summed E-state index contributed by atoms with van der Waals surface area (Å²) in [5.74, 6) is -0.0765. The minimum Gasteiger partial charge on any atom is -0.465 e. The SMILES string of the molecule is COC(=O)c1ccccc1S(=O)(=O)N1CCC(c2nc(-c3ccc4nc[nH]c(=O)c4c3)no2)CC1. The van der Waals surface area contributed by atoms with Gasteiger partial charge >= 0.3 is 5.97 Å². The number of piperidine rings is 1. The molecule has 0 atom stereocenters. The first-order valence-electron chi connectivity index (χ1n) is 10.9. The number of carbonyl (C=O) groups is 1. The summed E-state index contributed by atoms with van der Waals surface area (Å²) >= 11 is 0. The minimum absolute atomic E-state index is 0.00286. The van der Waals surface area contributed by atoms with Gasteiger partial charge < -0.3 is 14.2 Å². The van der Waals surface area contributed by atoms with Crippen molar-refractivity contribution in [2.75, 3.05) is 20.2 Å². The van der Waals surface area contributed by atoms with E-state index in [0.29, 0.717) is 41.0 Å². The summed E-state index contributed by atoms with van der Waals surface area (Å²) in [6, 6.07) is 11.1. The highest BCUT2D eigenvalue weighted by Crippen LogP contribution is 2.32. The largest absolute Gasteiger partial charge is 0.465 e. The number of hydrogen-bond acceptors (Lipinski definition) is 9. The van der Waals surface area contributed by atoms with Crippen LogP contribution in [0.1, 0.15) is 35.0 Å². The summed E-state index contributed by atoms with van der Waals surface area (Å²) in [6.45, 7) is 0.467. The number of aromatic amines is 1. The van der Waals surface area contributed by atoms with Gasteiger partial charge in [-0.3, -0.25) is 4.79 Å². The lowest BCUT2D eigenvalue weighted by molar-refractivity contribution is 0.0596. The Hall–Kier alpha value is -3.90. The second-order valence-electron chi connectivity index (χ2n) is 8.09. The van der Waals surface area contributed by atoms with E-state index in [-0.39, 0.29) is 35.0 Å². The first-order chi connectivity index (χ1) is 16.9. The number of nitrogens with zero attached hydrogens (tertiary/aromatic N) is 4. The van der Waals surface area contributed by atoms with Gasteiger partial charge in [-0.2, -0.15) is 9.29 Å². The maximum absolute atomic E-state index is 13.2. The number of H-pyrrole nitrogens is 1. The van der Waals surface area contributed by atoms with E-state index in [1.54, 1.807) is 30.3 Å². The molecule has 0 bridgehead atoms. The van der Waals surface area contributed by atoms with Gasteiger partial charge in [0.25, 0.3) is 5.56 Å². The van der Waals surface area contributed by atoms with Gasteiger partial charge in [0.1, 0.15) is 0 Å². The normalized spacial score (nSPS) is 15.3. The number of aromatic nitrogens is 4. The summed E-state index contributed by atoms with van der Waals surface area (Å²) in [7, 11) is -2.68. The summed E-state index contributed by atoms with van der Waals surface area (Å²) in [5.41, 5.74) is 0.917. The van der Waals surface area contributed by atoms with Crippen LogP contribution in [0.5, 0.6) is 0 Å². The topological polar surface area (TPSA) is 148 Å². The van der Waals surface area contributed by atoms with E-state index in [1.165, 1.54) is 29.9 Å². The number of sulfonamides is 1.